The summed E-state index contributed by atoms with van der Waals surface area (Å²) in [5.74, 6) is 0.955. The first kappa shape index (κ1) is 10.2. The molecule has 1 aromatic heterocycles. The quantitative estimate of drug-likeness (QED) is 0.801. The standard InChI is InChI=1S/C13H21N3/c1-2-6-13(7-3-1)8-4-5-11(13)16-12-14-9-10-15-12/h9-11H,1-8H2,(H2,14,15,16). The summed E-state index contributed by atoms with van der Waals surface area (Å²) in [7, 11) is 0. The summed E-state index contributed by atoms with van der Waals surface area (Å²) < 4.78 is 0. The molecule has 1 heterocycles. The fraction of sp³-hybridized carbons (Fsp3) is 0.769. The highest BCUT2D eigenvalue weighted by Gasteiger charge is 2.43. The minimum Gasteiger partial charge on any atom is -0.353 e. The lowest BCUT2D eigenvalue weighted by Gasteiger charge is -2.39. The molecule has 1 spiro atoms. The molecule has 0 bridgehead atoms. The molecule has 0 radical (unpaired) electrons. The van der Waals surface area contributed by atoms with Gasteiger partial charge in [-0.3, -0.25) is 0 Å². The first-order chi connectivity index (χ1) is 7.89. The Kier molecular flexibility index (Phi) is 2.62. The van der Waals surface area contributed by atoms with Gasteiger partial charge in [-0.15, -0.1) is 0 Å². The number of aromatic nitrogens is 2. The lowest BCUT2D eigenvalue weighted by atomic mass is 9.70. The summed E-state index contributed by atoms with van der Waals surface area (Å²) in [5.41, 5.74) is 0.588. The van der Waals surface area contributed by atoms with E-state index in [1.165, 1.54) is 51.4 Å². The van der Waals surface area contributed by atoms with Crippen molar-refractivity contribution in [1.82, 2.24) is 9.97 Å². The number of nitrogens with zero attached hydrogens (tertiary/aromatic N) is 1. The Morgan fingerprint density at radius 2 is 2.00 bits per heavy atom. The fourth-order valence-electron chi connectivity index (χ4n) is 3.73. The van der Waals surface area contributed by atoms with Gasteiger partial charge in [0.1, 0.15) is 0 Å². The average molecular weight is 219 g/mol. The SMILES string of the molecule is c1c[nH]c(NC2CCCC23CCCCC3)n1. The van der Waals surface area contributed by atoms with Gasteiger partial charge in [-0.2, -0.15) is 0 Å². The van der Waals surface area contributed by atoms with Crippen LogP contribution in [0.1, 0.15) is 51.4 Å². The average Bonchev–Trinajstić information content (AvgIpc) is 2.93. The van der Waals surface area contributed by atoms with Gasteiger partial charge in [0.25, 0.3) is 0 Å². The fourth-order valence-corrected chi connectivity index (χ4v) is 3.73. The molecule has 2 aliphatic carbocycles. The highest BCUT2D eigenvalue weighted by molar-refractivity contribution is 5.27. The number of rotatable bonds is 2. The topological polar surface area (TPSA) is 40.7 Å². The third-order valence-corrected chi connectivity index (χ3v) is 4.57. The second-order valence-electron chi connectivity index (χ2n) is 5.45. The Morgan fingerprint density at radius 3 is 2.75 bits per heavy atom. The Hall–Kier alpha value is -0.990. The van der Waals surface area contributed by atoms with Crippen LogP contribution in [0, 0.1) is 5.41 Å². The van der Waals surface area contributed by atoms with Crippen molar-refractivity contribution in [2.75, 3.05) is 5.32 Å². The molecule has 88 valence electrons. The number of aromatic amines is 1. The lowest BCUT2D eigenvalue weighted by molar-refractivity contribution is 0.180. The van der Waals surface area contributed by atoms with E-state index in [1.807, 2.05) is 12.4 Å². The van der Waals surface area contributed by atoms with Crippen LogP contribution in [-0.4, -0.2) is 16.0 Å². The van der Waals surface area contributed by atoms with Crippen LogP contribution in [0.25, 0.3) is 0 Å². The molecule has 1 unspecified atom stereocenters. The molecule has 1 atom stereocenters. The Labute approximate surface area is 97.0 Å². The van der Waals surface area contributed by atoms with Gasteiger partial charge in [0.15, 0.2) is 5.95 Å². The summed E-state index contributed by atoms with van der Waals surface area (Å²) in [6.45, 7) is 0. The monoisotopic (exact) mass is 219 g/mol. The van der Waals surface area contributed by atoms with Gasteiger partial charge in [-0.1, -0.05) is 25.7 Å². The third-order valence-electron chi connectivity index (χ3n) is 4.57. The molecule has 2 N–H and O–H groups in total. The second kappa shape index (κ2) is 4.11. The number of nitrogens with one attached hydrogen (secondary N) is 2. The minimum absolute atomic E-state index is 0.588. The number of imidazole rings is 1. The van der Waals surface area contributed by atoms with E-state index in [-0.39, 0.29) is 0 Å². The number of anilines is 1. The first-order valence-corrected chi connectivity index (χ1v) is 6.65. The van der Waals surface area contributed by atoms with E-state index in [9.17, 15) is 0 Å². The molecule has 3 rings (SSSR count). The van der Waals surface area contributed by atoms with Gasteiger partial charge in [-0.05, 0) is 31.1 Å². The normalized spacial score (nSPS) is 28.4. The van der Waals surface area contributed by atoms with Crippen LogP contribution < -0.4 is 5.32 Å². The Morgan fingerprint density at radius 1 is 1.19 bits per heavy atom. The van der Waals surface area contributed by atoms with E-state index in [2.05, 4.69) is 15.3 Å². The molecule has 0 amide bonds. The molecule has 0 aliphatic heterocycles. The third kappa shape index (κ3) is 1.72. The maximum Gasteiger partial charge on any atom is 0.200 e. The molecule has 2 saturated carbocycles. The predicted octanol–water partition coefficient (Wildman–Crippen LogP) is 3.32. The van der Waals surface area contributed by atoms with Crippen molar-refractivity contribution < 1.29 is 0 Å². The Balaban J connectivity index is 1.73. The zero-order valence-electron chi connectivity index (χ0n) is 9.84. The largest absolute Gasteiger partial charge is 0.353 e. The minimum atomic E-state index is 0.588. The van der Waals surface area contributed by atoms with Crippen LogP contribution in [0.3, 0.4) is 0 Å². The van der Waals surface area contributed by atoms with Gasteiger partial charge < -0.3 is 10.3 Å². The van der Waals surface area contributed by atoms with Gasteiger partial charge in [0.05, 0.1) is 0 Å². The van der Waals surface area contributed by atoms with Crippen molar-refractivity contribution in [3.05, 3.63) is 12.4 Å². The van der Waals surface area contributed by atoms with E-state index in [0.717, 1.165) is 5.95 Å². The maximum absolute atomic E-state index is 4.29. The van der Waals surface area contributed by atoms with E-state index in [0.29, 0.717) is 11.5 Å². The molecule has 2 fully saturated rings. The van der Waals surface area contributed by atoms with Crippen molar-refractivity contribution in [1.29, 1.82) is 0 Å². The van der Waals surface area contributed by atoms with E-state index >= 15 is 0 Å². The molecule has 3 nitrogen and oxygen atoms in total. The summed E-state index contributed by atoms with van der Waals surface area (Å²) in [5, 5.41) is 3.61. The molecule has 2 aliphatic rings. The molecular weight excluding hydrogens is 198 g/mol. The van der Waals surface area contributed by atoms with E-state index in [1.54, 1.807) is 0 Å². The highest BCUT2D eigenvalue weighted by atomic mass is 15.1. The summed E-state index contributed by atoms with van der Waals surface area (Å²) in [4.78, 5) is 7.45. The molecule has 0 saturated heterocycles. The van der Waals surface area contributed by atoms with Crippen LogP contribution in [0.5, 0.6) is 0 Å². The van der Waals surface area contributed by atoms with Crippen LogP contribution in [-0.2, 0) is 0 Å². The lowest BCUT2D eigenvalue weighted by Crippen LogP contribution is -2.38. The summed E-state index contributed by atoms with van der Waals surface area (Å²) in [6, 6.07) is 0.652. The van der Waals surface area contributed by atoms with Gasteiger partial charge in [0.2, 0.25) is 0 Å². The molecule has 0 aromatic carbocycles. The van der Waals surface area contributed by atoms with Crippen molar-refractivity contribution in [3.8, 4) is 0 Å². The number of hydrogen-bond donors (Lipinski definition) is 2. The molecule has 3 heteroatoms. The van der Waals surface area contributed by atoms with E-state index < -0.39 is 0 Å². The molecule has 16 heavy (non-hydrogen) atoms. The highest BCUT2D eigenvalue weighted by Crippen LogP contribution is 2.49. The van der Waals surface area contributed by atoms with Crippen molar-refractivity contribution in [2.24, 2.45) is 5.41 Å². The van der Waals surface area contributed by atoms with Crippen LogP contribution in [0.2, 0.25) is 0 Å². The maximum atomic E-state index is 4.29. The molecule has 1 aromatic rings. The van der Waals surface area contributed by atoms with Crippen molar-refractivity contribution in [3.63, 3.8) is 0 Å². The summed E-state index contributed by atoms with van der Waals surface area (Å²) in [6.07, 6.45) is 15.0. The van der Waals surface area contributed by atoms with Crippen molar-refractivity contribution >= 4 is 5.95 Å². The molecular formula is C13H21N3. The zero-order valence-corrected chi connectivity index (χ0v) is 9.84. The second-order valence-corrected chi connectivity index (χ2v) is 5.45. The van der Waals surface area contributed by atoms with Crippen LogP contribution in [0.4, 0.5) is 5.95 Å². The number of hydrogen-bond acceptors (Lipinski definition) is 2. The van der Waals surface area contributed by atoms with E-state index in [4.69, 9.17) is 0 Å². The zero-order chi connectivity index (χ0) is 10.8. The van der Waals surface area contributed by atoms with Gasteiger partial charge in [-0.25, -0.2) is 4.98 Å². The Bertz CT molecular complexity index is 325. The van der Waals surface area contributed by atoms with Crippen LogP contribution >= 0.6 is 0 Å². The van der Waals surface area contributed by atoms with Gasteiger partial charge in [0, 0.05) is 18.4 Å². The van der Waals surface area contributed by atoms with Gasteiger partial charge >= 0.3 is 0 Å². The number of H-pyrrole nitrogens is 1. The predicted molar refractivity (Wildman–Crippen MR) is 65.4 cm³/mol. The van der Waals surface area contributed by atoms with Crippen molar-refractivity contribution in [2.45, 2.75) is 57.4 Å². The smallest absolute Gasteiger partial charge is 0.200 e. The van der Waals surface area contributed by atoms with Crippen LogP contribution in [0.15, 0.2) is 12.4 Å². The summed E-state index contributed by atoms with van der Waals surface area (Å²) >= 11 is 0. The first-order valence-electron chi connectivity index (χ1n) is 6.65.